The maximum atomic E-state index is 14.1. The van der Waals surface area contributed by atoms with Crippen molar-refractivity contribution in [3.63, 3.8) is 0 Å². The zero-order valence-electron chi connectivity index (χ0n) is 19.1. The van der Waals surface area contributed by atoms with E-state index in [2.05, 4.69) is 32.9 Å². The molecular weight excluding hydrogens is 392 g/mol. The minimum Gasteiger partial charge on any atom is -0.472 e. The van der Waals surface area contributed by atoms with E-state index in [1.165, 1.54) is 5.56 Å². The number of carbonyl (C=O) groups excluding carboxylic acids is 2. The fourth-order valence-electron chi connectivity index (χ4n) is 9.05. The molecule has 0 unspecified atom stereocenters. The summed E-state index contributed by atoms with van der Waals surface area (Å²) in [5.74, 6) is 0.373. The van der Waals surface area contributed by atoms with Gasteiger partial charge in [-0.2, -0.15) is 0 Å². The summed E-state index contributed by atoms with van der Waals surface area (Å²) >= 11 is 0. The standard InChI is InChI=1S/C26H32O5/c1-22(2)18-13-19(27)25(5)17(23(18,3)9-7-21(28)31-22)6-10-24(4)16(15-8-11-29-14-15)12-20-26(24,25)30-20/h7-9,11,14,16-18,20H,6,10,12-13H2,1-5H3/t16-,17+,18-,20+,23+,24-,25-,26+/m0/s1. The predicted molar refractivity (Wildman–Crippen MR) is 113 cm³/mol. The van der Waals surface area contributed by atoms with Crippen LogP contribution in [0.3, 0.4) is 0 Å². The zero-order valence-corrected chi connectivity index (χ0v) is 19.1. The largest absolute Gasteiger partial charge is 0.472 e. The van der Waals surface area contributed by atoms with Gasteiger partial charge in [-0.25, -0.2) is 4.79 Å². The fourth-order valence-corrected chi connectivity index (χ4v) is 9.05. The van der Waals surface area contributed by atoms with Crippen LogP contribution in [0.2, 0.25) is 0 Å². The Balaban J connectivity index is 1.49. The van der Waals surface area contributed by atoms with Crippen molar-refractivity contribution in [2.75, 3.05) is 0 Å². The Morgan fingerprint density at radius 1 is 1.06 bits per heavy atom. The molecule has 2 aliphatic heterocycles. The first-order chi connectivity index (χ1) is 14.5. The molecule has 0 amide bonds. The second-order valence-electron chi connectivity index (χ2n) is 11.8. The highest BCUT2D eigenvalue weighted by atomic mass is 16.6. The lowest BCUT2D eigenvalue weighted by molar-refractivity contribution is -0.195. The quantitative estimate of drug-likeness (QED) is 0.478. The summed E-state index contributed by atoms with van der Waals surface area (Å²) in [6.07, 6.45) is 10.7. The molecule has 3 heterocycles. The first-order valence-corrected chi connectivity index (χ1v) is 11.7. The molecule has 6 rings (SSSR count). The number of Topliss-reactive ketones (excluding diaryl/α,β-unsaturated/α-hetero) is 1. The second-order valence-corrected chi connectivity index (χ2v) is 11.8. The summed E-state index contributed by atoms with van der Waals surface area (Å²) in [4.78, 5) is 26.4. The number of furan rings is 1. The Bertz CT molecular complexity index is 1010. The molecule has 0 aromatic carbocycles. The molecule has 5 aliphatic rings. The third-order valence-electron chi connectivity index (χ3n) is 10.4. The first kappa shape index (κ1) is 19.8. The van der Waals surface area contributed by atoms with E-state index in [4.69, 9.17) is 13.9 Å². The summed E-state index contributed by atoms with van der Waals surface area (Å²) in [5.41, 5.74) is -0.904. The van der Waals surface area contributed by atoms with Crippen molar-refractivity contribution in [1.82, 2.24) is 0 Å². The van der Waals surface area contributed by atoms with E-state index in [1.54, 1.807) is 12.3 Å². The first-order valence-electron chi connectivity index (χ1n) is 11.7. The van der Waals surface area contributed by atoms with Crippen molar-refractivity contribution in [2.24, 2.45) is 28.1 Å². The monoisotopic (exact) mass is 424 g/mol. The maximum Gasteiger partial charge on any atom is 0.330 e. The van der Waals surface area contributed by atoms with E-state index >= 15 is 0 Å². The van der Waals surface area contributed by atoms with Crippen molar-refractivity contribution in [1.29, 1.82) is 0 Å². The molecule has 5 heteroatoms. The van der Waals surface area contributed by atoms with Crippen LogP contribution in [-0.4, -0.2) is 29.1 Å². The fraction of sp³-hybridized carbons (Fsp3) is 0.692. The van der Waals surface area contributed by atoms with Crippen molar-refractivity contribution < 1.29 is 23.5 Å². The third-order valence-corrected chi connectivity index (χ3v) is 10.4. The van der Waals surface area contributed by atoms with E-state index in [1.807, 2.05) is 20.1 Å². The molecule has 0 radical (unpaired) electrons. The van der Waals surface area contributed by atoms with Crippen LogP contribution >= 0.6 is 0 Å². The van der Waals surface area contributed by atoms with Gasteiger partial charge in [0.25, 0.3) is 0 Å². The summed E-state index contributed by atoms with van der Waals surface area (Å²) < 4.78 is 17.8. The van der Waals surface area contributed by atoms with Crippen LogP contribution in [0.1, 0.15) is 71.8 Å². The molecule has 0 bridgehead atoms. The van der Waals surface area contributed by atoms with Crippen molar-refractivity contribution in [3.8, 4) is 0 Å². The van der Waals surface area contributed by atoms with Gasteiger partial charge in [0.1, 0.15) is 17.0 Å². The Morgan fingerprint density at radius 2 is 1.84 bits per heavy atom. The molecule has 1 spiro atoms. The molecule has 1 aromatic rings. The van der Waals surface area contributed by atoms with Crippen molar-refractivity contribution in [2.45, 2.75) is 83.5 Å². The lowest BCUT2D eigenvalue weighted by Crippen LogP contribution is -2.68. The number of rotatable bonds is 1. The minimum absolute atomic E-state index is 0.0442. The molecule has 1 aromatic heterocycles. The number of cyclic esters (lactones) is 1. The molecule has 166 valence electrons. The Labute approximate surface area is 183 Å². The van der Waals surface area contributed by atoms with Gasteiger partial charge in [0.15, 0.2) is 0 Å². The lowest BCUT2D eigenvalue weighted by Gasteiger charge is -2.63. The van der Waals surface area contributed by atoms with Crippen molar-refractivity contribution in [3.05, 3.63) is 36.3 Å². The number of ether oxygens (including phenoxy) is 2. The Kier molecular flexibility index (Phi) is 3.53. The van der Waals surface area contributed by atoms with E-state index in [0.717, 1.165) is 19.3 Å². The Hall–Kier alpha value is -1.88. The average Bonchev–Trinajstić information content (AvgIpc) is 3.09. The molecule has 4 fully saturated rings. The molecule has 8 atom stereocenters. The lowest BCUT2D eigenvalue weighted by atomic mass is 9.39. The number of epoxide rings is 1. The van der Waals surface area contributed by atoms with Gasteiger partial charge in [0.2, 0.25) is 0 Å². The van der Waals surface area contributed by atoms with E-state index < -0.39 is 16.6 Å². The molecule has 5 nitrogen and oxygen atoms in total. The number of esters is 1. The molecular formula is C26H32O5. The van der Waals surface area contributed by atoms with E-state index in [-0.39, 0.29) is 40.5 Å². The van der Waals surface area contributed by atoms with Crippen LogP contribution in [0.15, 0.2) is 35.2 Å². The smallest absolute Gasteiger partial charge is 0.330 e. The number of carbonyl (C=O) groups is 2. The number of hydrogen-bond acceptors (Lipinski definition) is 5. The number of hydrogen-bond donors (Lipinski definition) is 0. The number of allylic oxidation sites excluding steroid dienone is 1. The van der Waals surface area contributed by atoms with Crippen LogP contribution < -0.4 is 0 Å². The predicted octanol–water partition coefficient (Wildman–Crippen LogP) is 4.81. The average molecular weight is 425 g/mol. The topological polar surface area (TPSA) is 69.0 Å². The van der Waals surface area contributed by atoms with Gasteiger partial charge in [-0.3, -0.25) is 4.79 Å². The third kappa shape index (κ3) is 2.03. The highest BCUT2D eigenvalue weighted by Gasteiger charge is 2.86. The number of ketones is 1. The van der Waals surface area contributed by atoms with Crippen LogP contribution in [0, 0.1) is 28.1 Å². The molecule has 0 N–H and O–H groups in total. The molecule has 3 aliphatic carbocycles. The van der Waals surface area contributed by atoms with Gasteiger partial charge in [-0.05, 0) is 68.9 Å². The minimum atomic E-state index is -0.691. The number of fused-ring (bicyclic) bond motifs is 3. The normalized spacial score (nSPS) is 51.8. The summed E-state index contributed by atoms with van der Waals surface area (Å²) in [7, 11) is 0. The molecule has 31 heavy (non-hydrogen) atoms. The maximum absolute atomic E-state index is 14.1. The van der Waals surface area contributed by atoms with E-state index in [9.17, 15) is 9.59 Å². The summed E-state index contributed by atoms with van der Waals surface area (Å²) in [6, 6.07) is 2.07. The van der Waals surface area contributed by atoms with Gasteiger partial charge >= 0.3 is 5.97 Å². The van der Waals surface area contributed by atoms with Crippen LogP contribution in [0.5, 0.6) is 0 Å². The Morgan fingerprint density at radius 3 is 2.55 bits per heavy atom. The summed E-state index contributed by atoms with van der Waals surface area (Å²) in [5, 5.41) is 0. The summed E-state index contributed by atoms with van der Waals surface area (Å²) in [6.45, 7) is 10.7. The van der Waals surface area contributed by atoms with Crippen LogP contribution in [0.4, 0.5) is 0 Å². The van der Waals surface area contributed by atoms with Gasteiger partial charge in [-0.15, -0.1) is 0 Å². The SMILES string of the molecule is CC1(C)OC(=O)C=C[C@]2(C)[C@H]3CC[C@@]4(C)[C@H](c5ccoc5)C[C@H]5O[C@]54[C@]3(C)C(=O)C[C@@H]12. The molecule has 1 saturated heterocycles. The second kappa shape index (κ2) is 5.54. The van der Waals surface area contributed by atoms with Gasteiger partial charge in [0, 0.05) is 23.8 Å². The molecule has 3 saturated carbocycles. The van der Waals surface area contributed by atoms with Crippen molar-refractivity contribution >= 4 is 11.8 Å². The highest BCUT2D eigenvalue weighted by Crippen LogP contribution is 2.81. The van der Waals surface area contributed by atoms with Gasteiger partial charge < -0.3 is 13.9 Å². The van der Waals surface area contributed by atoms with Gasteiger partial charge in [-0.1, -0.05) is 19.9 Å². The van der Waals surface area contributed by atoms with Gasteiger partial charge in [0.05, 0.1) is 24.0 Å². The zero-order chi connectivity index (χ0) is 22.0. The van der Waals surface area contributed by atoms with E-state index in [0.29, 0.717) is 12.3 Å². The highest BCUT2D eigenvalue weighted by molar-refractivity contribution is 5.90. The van der Waals surface area contributed by atoms with Crippen LogP contribution in [-0.2, 0) is 19.1 Å². The van der Waals surface area contributed by atoms with Crippen LogP contribution in [0.25, 0.3) is 0 Å².